The smallest absolute Gasteiger partial charge is 0.131 e. The van der Waals surface area contributed by atoms with Gasteiger partial charge < -0.3 is 4.74 Å². The fraction of sp³-hybridized carbons (Fsp3) is 0.143. The van der Waals surface area contributed by atoms with E-state index in [2.05, 4.69) is 15.9 Å². The summed E-state index contributed by atoms with van der Waals surface area (Å²) in [7, 11) is 1.48. The van der Waals surface area contributed by atoms with E-state index in [4.69, 9.17) is 16.3 Å². The largest absolute Gasteiger partial charge is 0.496 e. The molecule has 2 rings (SSSR count). The second-order valence-corrected chi connectivity index (χ2v) is 5.24. The van der Waals surface area contributed by atoms with Gasteiger partial charge in [0.1, 0.15) is 17.4 Å². The Bertz CT molecular complexity index is 584. The van der Waals surface area contributed by atoms with Crippen LogP contribution in [0.5, 0.6) is 5.75 Å². The summed E-state index contributed by atoms with van der Waals surface area (Å²) in [6, 6.07) is 8.80. The average molecular weight is 348 g/mol. The van der Waals surface area contributed by atoms with Gasteiger partial charge in [0.15, 0.2) is 0 Å². The van der Waals surface area contributed by atoms with Crippen molar-refractivity contribution in [3.63, 3.8) is 0 Å². The highest BCUT2D eigenvalue weighted by Gasteiger charge is 2.22. The zero-order chi connectivity index (χ0) is 14.0. The minimum Gasteiger partial charge on any atom is -0.496 e. The number of ether oxygens (including phenoxy) is 1. The molecule has 0 saturated carbocycles. The summed E-state index contributed by atoms with van der Waals surface area (Å²) in [5.41, 5.74) is 0.322. The molecule has 0 saturated heterocycles. The van der Waals surface area contributed by atoms with Crippen LogP contribution in [-0.2, 0) is 0 Å². The van der Waals surface area contributed by atoms with Crippen molar-refractivity contribution in [3.8, 4) is 5.75 Å². The first-order valence-corrected chi connectivity index (χ1v) is 6.69. The molecule has 0 amide bonds. The molecule has 1 nitrogen and oxygen atoms in total. The van der Waals surface area contributed by atoms with Crippen molar-refractivity contribution in [1.82, 2.24) is 0 Å². The molecule has 0 aromatic heterocycles. The number of rotatable bonds is 3. The van der Waals surface area contributed by atoms with Gasteiger partial charge in [-0.3, -0.25) is 0 Å². The first-order valence-electron chi connectivity index (χ1n) is 5.46. The Kier molecular flexibility index (Phi) is 4.42. The quantitative estimate of drug-likeness (QED) is 0.705. The molecule has 100 valence electrons. The Morgan fingerprint density at radius 2 is 1.79 bits per heavy atom. The van der Waals surface area contributed by atoms with E-state index >= 15 is 0 Å². The highest BCUT2D eigenvalue weighted by Crippen LogP contribution is 2.38. The van der Waals surface area contributed by atoms with Crippen molar-refractivity contribution in [2.24, 2.45) is 0 Å². The first kappa shape index (κ1) is 14.3. The molecule has 2 aromatic carbocycles. The van der Waals surface area contributed by atoms with Gasteiger partial charge in [-0.25, -0.2) is 8.78 Å². The number of hydrogen-bond donors (Lipinski definition) is 0. The van der Waals surface area contributed by atoms with Crippen molar-refractivity contribution in [1.29, 1.82) is 0 Å². The lowest BCUT2D eigenvalue weighted by Gasteiger charge is -2.16. The number of methoxy groups -OCH3 is 1. The third-order valence-corrected chi connectivity index (χ3v) is 3.66. The van der Waals surface area contributed by atoms with Crippen LogP contribution in [0.1, 0.15) is 16.5 Å². The molecule has 1 unspecified atom stereocenters. The fourth-order valence-corrected chi connectivity index (χ4v) is 2.57. The van der Waals surface area contributed by atoms with Crippen molar-refractivity contribution in [3.05, 3.63) is 63.6 Å². The topological polar surface area (TPSA) is 9.23 Å². The average Bonchev–Trinajstić information content (AvgIpc) is 2.38. The molecule has 1 atom stereocenters. The SMILES string of the molecule is COc1ccc(Br)cc1C(Cl)c1c(F)cccc1F. The summed E-state index contributed by atoms with van der Waals surface area (Å²) < 4.78 is 33.4. The molecule has 2 aromatic rings. The summed E-state index contributed by atoms with van der Waals surface area (Å²) in [6.45, 7) is 0. The molecule has 0 aliphatic rings. The molecule has 19 heavy (non-hydrogen) atoms. The Hall–Kier alpha value is -1.13. The van der Waals surface area contributed by atoms with Crippen LogP contribution in [-0.4, -0.2) is 7.11 Å². The lowest BCUT2D eigenvalue weighted by atomic mass is 10.0. The summed E-state index contributed by atoms with van der Waals surface area (Å²) in [4.78, 5) is 0. The van der Waals surface area contributed by atoms with E-state index in [0.717, 1.165) is 4.47 Å². The molecular weight excluding hydrogens is 338 g/mol. The van der Waals surface area contributed by atoms with E-state index in [-0.39, 0.29) is 5.56 Å². The van der Waals surface area contributed by atoms with Crippen LogP contribution in [0.25, 0.3) is 0 Å². The maximum atomic E-state index is 13.7. The molecule has 0 spiro atoms. The highest BCUT2D eigenvalue weighted by atomic mass is 79.9. The van der Waals surface area contributed by atoms with Gasteiger partial charge in [0, 0.05) is 15.6 Å². The predicted molar refractivity (Wildman–Crippen MR) is 74.7 cm³/mol. The predicted octanol–water partition coefficient (Wildman–Crippen LogP) is 5.06. The highest BCUT2D eigenvalue weighted by molar-refractivity contribution is 9.10. The number of hydrogen-bond acceptors (Lipinski definition) is 1. The summed E-state index contributed by atoms with van der Waals surface area (Å²) in [6.07, 6.45) is 0. The van der Waals surface area contributed by atoms with Gasteiger partial charge in [-0.15, -0.1) is 11.6 Å². The maximum Gasteiger partial charge on any atom is 0.131 e. The van der Waals surface area contributed by atoms with Crippen LogP contribution in [0.3, 0.4) is 0 Å². The van der Waals surface area contributed by atoms with Crippen LogP contribution >= 0.6 is 27.5 Å². The van der Waals surface area contributed by atoms with Crippen molar-refractivity contribution in [2.45, 2.75) is 5.38 Å². The minimum atomic E-state index is -0.964. The molecule has 0 N–H and O–H groups in total. The molecule has 0 fully saturated rings. The van der Waals surface area contributed by atoms with Crippen molar-refractivity contribution >= 4 is 27.5 Å². The van der Waals surface area contributed by atoms with Crippen molar-refractivity contribution in [2.75, 3.05) is 7.11 Å². The van der Waals surface area contributed by atoms with Crippen LogP contribution < -0.4 is 4.74 Å². The molecule has 0 aliphatic heterocycles. The normalized spacial score (nSPS) is 12.3. The minimum absolute atomic E-state index is 0.180. The number of halogens is 4. The second kappa shape index (κ2) is 5.88. The van der Waals surface area contributed by atoms with Crippen LogP contribution in [0.2, 0.25) is 0 Å². The van der Waals surface area contributed by atoms with E-state index in [1.165, 1.54) is 25.3 Å². The standard InChI is InChI=1S/C14H10BrClF2O/c1-19-12-6-5-8(15)7-9(12)14(16)13-10(17)3-2-4-11(13)18/h2-7,14H,1H3. The number of alkyl halides is 1. The molecule has 0 heterocycles. The maximum absolute atomic E-state index is 13.7. The molecule has 5 heteroatoms. The van der Waals surface area contributed by atoms with Crippen LogP contribution in [0, 0.1) is 11.6 Å². The fourth-order valence-electron chi connectivity index (χ4n) is 1.81. The van der Waals surface area contributed by atoms with E-state index < -0.39 is 17.0 Å². The van der Waals surface area contributed by atoms with Gasteiger partial charge >= 0.3 is 0 Å². The second-order valence-electron chi connectivity index (χ2n) is 3.88. The van der Waals surface area contributed by atoms with E-state index in [9.17, 15) is 8.78 Å². The molecule has 0 aliphatic carbocycles. The van der Waals surface area contributed by atoms with E-state index in [0.29, 0.717) is 11.3 Å². The summed E-state index contributed by atoms with van der Waals surface area (Å²) in [5.74, 6) is -0.880. The van der Waals surface area contributed by atoms with Gasteiger partial charge in [0.25, 0.3) is 0 Å². The van der Waals surface area contributed by atoms with Gasteiger partial charge in [-0.2, -0.15) is 0 Å². The Morgan fingerprint density at radius 3 is 2.37 bits per heavy atom. The van der Waals surface area contributed by atoms with Gasteiger partial charge in [-0.1, -0.05) is 22.0 Å². The van der Waals surface area contributed by atoms with E-state index in [1.54, 1.807) is 18.2 Å². The van der Waals surface area contributed by atoms with Crippen LogP contribution in [0.4, 0.5) is 8.78 Å². The van der Waals surface area contributed by atoms with Gasteiger partial charge in [0.05, 0.1) is 12.5 Å². The molecule has 0 radical (unpaired) electrons. The van der Waals surface area contributed by atoms with Crippen molar-refractivity contribution < 1.29 is 13.5 Å². The summed E-state index contributed by atoms with van der Waals surface area (Å²) in [5, 5.41) is -0.964. The molecular formula is C14H10BrClF2O. The van der Waals surface area contributed by atoms with Gasteiger partial charge in [-0.05, 0) is 30.3 Å². The lowest BCUT2D eigenvalue weighted by molar-refractivity contribution is 0.409. The Morgan fingerprint density at radius 1 is 1.16 bits per heavy atom. The Balaban J connectivity index is 2.55. The Labute approximate surface area is 123 Å². The first-order chi connectivity index (χ1) is 9.04. The zero-order valence-corrected chi connectivity index (χ0v) is 12.3. The van der Waals surface area contributed by atoms with Gasteiger partial charge in [0.2, 0.25) is 0 Å². The molecule has 0 bridgehead atoms. The monoisotopic (exact) mass is 346 g/mol. The third kappa shape index (κ3) is 2.90. The van der Waals surface area contributed by atoms with E-state index in [1.807, 2.05) is 0 Å². The number of benzene rings is 2. The zero-order valence-electron chi connectivity index (χ0n) is 9.96. The lowest BCUT2D eigenvalue weighted by Crippen LogP contribution is -2.03. The van der Waals surface area contributed by atoms with Crippen LogP contribution in [0.15, 0.2) is 40.9 Å². The third-order valence-electron chi connectivity index (χ3n) is 2.72. The summed E-state index contributed by atoms with van der Waals surface area (Å²) >= 11 is 9.52.